The number of hydrogen-bond donors (Lipinski definition) is 1. The predicted molar refractivity (Wildman–Crippen MR) is 140 cm³/mol. The Morgan fingerprint density at radius 1 is 1.06 bits per heavy atom. The zero-order chi connectivity index (χ0) is 24.6. The number of fused-ring (bicyclic) bond motifs is 4. The minimum Gasteiger partial charge on any atom is -0.493 e. The Morgan fingerprint density at radius 2 is 1.89 bits per heavy atom. The summed E-state index contributed by atoms with van der Waals surface area (Å²) in [5.74, 6) is 2.88. The van der Waals surface area contributed by atoms with Gasteiger partial charge in [0.2, 0.25) is 5.91 Å². The van der Waals surface area contributed by atoms with E-state index in [-0.39, 0.29) is 18.0 Å². The van der Waals surface area contributed by atoms with Gasteiger partial charge in [-0.1, -0.05) is 18.2 Å². The molecule has 2 aromatic heterocycles. The van der Waals surface area contributed by atoms with Crippen LogP contribution in [0.4, 0.5) is 11.6 Å². The summed E-state index contributed by atoms with van der Waals surface area (Å²) in [6.45, 7) is 3.88. The van der Waals surface area contributed by atoms with Crippen LogP contribution in [0, 0.1) is 0 Å². The van der Waals surface area contributed by atoms with E-state index in [1.54, 1.807) is 0 Å². The molecule has 9 heteroatoms. The third-order valence-corrected chi connectivity index (χ3v) is 7.66. The number of benzene rings is 1. The van der Waals surface area contributed by atoms with E-state index in [1.807, 2.05) is 33.7 Å². The van der Waals surface area contributed by atoms with Crippen molar-refractivity contribution in [3.63, 3.8) is 0 Å². The molecule has 0 saturated carbocycles. The van der Waals surface area contributed by atoms with Gasteiger partial charge in [0.15, 0.2) is 5.65 Å². The Labute approximate surface area is 211 Å². The van der Waals surface area contributed by atoms with E-state index in [4.69, 9.17) is 20.6 Å². The fraction of sp³-hybridized carbons (Fsp3) is 0.519. The first-order chi connectivity index (χ1) is 17.6. The number of rotatable bonds is 1. The molecule has 2 fully saturated rings. The highest BCUT2D eigenvalue weighted by molar-refractivity contribution is 5.80. The number of carbonyl (C=O) groups excluding carboxylic acids is 1. The number of nitrogens with two attached hydrogens (primary N) is 1. The molecule has 6 rings (SSSR count). The SMILES string of the molecule is CN1CCCCOc2ccccc2CC(=O)N2CCCCC2c2cc3nc(N4CC(N)C4)cc1n3n2. The first-order valence-electron chi connectivity index (χ1n) is 13.2. The van der Waals surface area contributed by atoms with Gasteiger partial charge in [0, 0.05) is 57.0 Å². The number of ether oxygens (including phenoxy) is 1. The second-order valence-electron chi connectivity index (χ2n) is 10.3. The number of nitrogens with zero attached hydrogens (tertiary/aromatic N) is 6. The molecule has 5 heterocycles. The second-order valence-corrected chi connectivity index (χ2v) is 10.3. The largest absolute Gasteiger partial charge is 0.493 e. The Hall–Kier alpha value is -3.33. The van der Waals surface area contributed by atoms with Crippen LogP contribution in [-0.2, 0) is 11.2 Å². The molecule has 3 aliphatic rings. The molecule has 0 aliphatic carbocycles. The van der Waals surface area contributed by atoms with E-state index in [9.17, 15) is 4.79 Å². The van der Waals surface area contributed by atoms with Crippen molar-refractivity contribution in [1.29, 1.82) is 0 Å². The maximum Gasteiger partial charge on any atom is 0.227 e. The first-order valence-corrected chi connectivity index (χ1v) is 13.2. The van der Waals surface area contributed by atoms with Gasteiger partial charge in [0.25, 0.3) is 0 Å². The Balaban J connectivity index is 1.41. The third kappa shape index (κ3) is 4.36. The summed E-state index contributed by atoms with van der Waals surface area (Å²) in [4.78, 5) is 25.0. The maximum absolute atomic E-state index is 13.6. The lowest BCUT2D eigenvalue weighted by atomic mass is 9.98. The number of anilines is 2. The van der Waals surface area contributed by atoms with Crippen LogP contribution in [0.5, 0.6) is 5.75 Å². The van der Waals surface area contributed by atoms with E-state index >= 15 is 0 Å². The Kier molecular flexibility index (Phi) is 6.17. The van der Waals surface area contributed by atoms with Crippen LogP contribution in [0.3, 0.4) is 0 Å². The van der Waals surface area contributed by atoms with Gasteiger partial charge in [-0.3, -0.25) is 4.79 Å². The topological polar surface area (TPSA) is 92.2 Å². The molecule has 36 heavy (non-hydrogen) atoms. The van der Waals surface area contributed by atoms with Gasteiger partial charge in [-0.05, 0) is 38.2 Å². The van der Waals surface area contributed by atoms with Crippen LogP contribution in [0.25, 0.3) is 5.65 Å². The summed E-state index contributed by atoms with van der Waals surface area (Å²) in [6, 6.07) is 12.3. The zero-order valence-electron chi connectivity index (χ0n) is 21.0. The second kappa shape index (κ2) is 9.61. The molecule has 3 aromatic rings. The van der Waals surface area contributed by atoms with Gasteiger partial charge < -0.3 is 25.2 Å². The van der Waals surface area contributed by atoms with E-state index in [0.717, 1.165) is 92.6 Å². The highest BCUT2D eigenvalue weighted by atomic mass is 16.5. The molecule has 1 amide bonds. The lowest BCUT2D eigenvalue weighted by Gasteiger charge is -2.38. The van der Waals surface area contributed by atoms with Crippen molar-refractivity contribution < 1.29 is 9.53 Å². The molecule has 2 bridgehead atoms. The van der Waals surface area contributed by atoms with Gasteiger partial charge in [-0.2, -0.15) is 9.61 Å². The van der Waals surface area contributed by atoms with Crippen molar-refractivity contribution in [3.05, 3.63) is 47.7 Å². The average molecular weight is 490 g/mol. The van der Waals surface area contributed by atoms with Crippen molar-refractivity contribution in [2.45, 2.75) is 50.6 Å². The fourth-order valence-corrected chi connectivity index (χ4v) is 5.60. The zero-order valence-corrected chi connectivity index (χ0v) is 21.0. The van der Waals surface area contributed by atoms with Gasteiger partial charge in [0.05, 0.1) is 24.8 Å². The number of hydrogen-bond acceptors (Lipinski definition) is 7. The third-order valence-electron chi connectivity index (χ3n) is 7.66. The highest BCUT2D eigenvalue weighted by Crippen LogP contribution is 2.34. The van der Waals surface area contributed by atoms with Crippen LogP contribution in [0.2, 0.25) is 0 Å². The first kappa shape index (κ1) is 23.1. The smallest absolute Gasteiger partial charge is 0.227 e. The summed E-state index contributed by atoms with van der Waals surface area (Å²) >= 11 is 0. The molecule has 1 atom stereocenters. The monoisotopic (exact) mass is 489 g/mol. The van der Waals surface area contributed by atoms with Gasteiger partial charge in [-0.25, -0.2) is 4.98 Å². The van der Waals surface area contributed by atoms with Crippen molar-refractivity contribution in [1.82, 2.24) is 19.5 Å². The van der Waals surface area contributed by atoms with Crippen molar-refractivity contribution in [3.8, 4) is 5.75 Å². The number of aromatic nitrogens is 3. The summed E-state index contributed by atoms with van der Waals surface area (Å²) < 4.78 is 8.09. The van der Waals surface area contributed by atoms with Crippen LogP contribution >= 0.6 is 0 Å². The summed E-state index contributed by atoms with van der Waals surface area (Å²) in [5, 5.41) is 5.05. The molecule has 0 radical (unpaired) electrons. The van der Waals surface area contributed by atoms with Crippen LogP contribution < -0.4 is 20.3 Å². The average Bonchev–Trinajstić information content (AvgIpc) is 3.30. The summed E-state index contributed by atoms with van der Waals surface area (Å²) in [7, 11) is 2.11. The molecule has 1 aromatic carbocycles. The van der Waals surface area contributed by atoms with E-state index < -0.39 is 0 Å². The lowest BCUT2D eigenvalue weighted by Crippen LogP contribution is -2.56. The maximum atomic E-state index is 13.6. The minimum absolute atomic E-state index is 0.0482. The van der Waals surface area contributed by atoms with E-state index in [0.29, 0.717) is 13.0 Å². The van der Waals surface area contributed by atoms with Gasteiger partial charge in [0.1, 0.15) is 17.4 Å². The predicted octanol–water partition coefficient (Wildman–Crippen LogP) is 2.78. The van der Waals surface area contributed by atoms with Gasteiger partial charge in [-0.15, -0.1) is 0 Å². The number of para-hydroxylation sites is 1. The van der Waals surface area contributed by atoms with Crippen molar-refractivity contribution >= 4 is 23.2 Å². The summed E-state index contributed by atoms with van der Waals surface area (Å²) in [6.07, 6.45) is 5.25. The lowest BCUT2D eigenvalue weighted by molar-refractivity contribution is -0.134. The quantitative estimate of drug-likeness (QED) is 0.562. The van der Waals surface area contributed by atoms with Crippen LogP contribution in [-0.4, -0.2) is 71.3 Å². The molecule has 0 spiro atoms. The molecule has 3 aliphatic heterocycles. The number of carbonyl (C=O) groups is 1. The van der Waals surface area contributed by atoms with Crippen LogP contribution in [0.1, 0.15) is 49.4 Å². The summed E-state index contributed by atoms with van der Waals surface area (Å²) in [5.41, 5.74) is 8.75. The van der Waals surface area contributed by atoms with E-state index in [2.05, 4.69) is 29.0 Å². The van der Waals surface area contributed by atoms with Crippen molar-refractivity contribution in [2.24, 2.45) is 5.73 Å². The molecule has 2 saturated heterocycles. The molecule has 9 nitrogen and oxygen atoms in total. The van der Waals surface area contributed by atoms with Crippen molar-refractivity contribution in [2.75, 3.05) is 49.6 Å². The molecule has 2 N–H and O–H groups in total. The number of piperidine rings is 1. The molecular formula is C27H35N7O2. The molecule has 1 unspecified atom stereocenters. The molecular weight excluding hydrogens is 454 g/mol. The Bertz CT molecular complexity index is 1250. The number of amides is 1. The normalized spacial score (nSPS) is 21.8. The minimum atomic E-state index is -0.0482. The van der Waals surface area contributed by atoms with E-state index in [1.165, 1.54) is 0 Å². The van der Waals surface area contributed by atoms with Gasteiger partial charge >= 0.3 is 0 Å². The molecule has 190 valence electrons. The Morgan fingerprint density at radius 3 is 2.75 bits per heavy atom. The fourth-order valence-electron chi connectivity index (χ4n) is 5.60. The standard InChI is InChI=1S/C27H35N7O2/c1-31-11-6-7-13-36-23-10-3-2-8-19(23)14-27(35)33-12-5-4-9-22(33)21-15-25-29-24(32-17-20(28)18-32)16-26(31)34(25)30-21/h2-3,8,10,15-16,20,22H,4-7,9,11-14,17-18,28H2,1H3. The highest BCUT2D eigenvalue weighted by Gasteiger charge is 2.32. The van der Waals surface area contributed by atoms with Crippen LogP contribution in [0.15, 0.2) is 36.4 Å².